The summed E-state index contributed by atoms with van der Waals surface area (Å²) in [4.78, 5) is 23.3. The maximum atomic E-state index is 11.7. The second kappa shape index (κ2) is 6.95. The molecule has 116 valence electrons. The first-order chi connectivity index (χ1) is 10.5. The summed E-state index contributed by atoms with van der Waals surface area (Å²) in [5.74, 6) is -0.455. The van der Waals surface area contributed by atoms with Crippen molar-refractivity contribution in [1.29, 1.82) is 0 Å². The highest BCUT2D eigenvalue weighted by atomic mass is 35.5. The topological polar surface area (TPSA) is 96.1 Å². The van der Waals surface area contributed by atoms with Gasteiger partial charge in [0, 0.05) is 10.7 Å². The molecule has 2 amide bonds. The summed E-state index contributed by atoms with van der Waals surface area (Å²) < 4.78 is 5.35. The summed E-state index contributed by atoms with van der Waals surface area (Å²) in [5, 5.41) is 7.00. The number of aryl methyl sites for hydroxylation is 2. The van der Waals surface area contributed by atoms with E-state index in [0.29, 0.717) is 10.8 Å². The number of carbonyl (C=O) groups is 2. The standard InChI is InChI=1S/C14H15ClN4O3/c1-8-5-10(15)3-4-12(8)22-7-13(20)18-19-14(21)11-6-9(2)16-17-11/h3-6H,7H2,1-2H3,(H,16,17)(H,18,20)(H,19,21). The number of H-pyrrole nitrogens is 1. The van der Waals surface area contributed by atoms with Crippen LogP contribution < -0.4 is 15.6 Å². The predicted octanol–water partition coefficient (Wildman–Crippen LogP) is 1.52. The SMILES string of the molecule is Cc1cc(C(=O)NNC(=O)COc2ccc(Cl)cc2C)n[nH]1. The third-order valence-corrected chi connectivity index (χ3v) is 2.98. The molecule has 0 radical (unpaired) electrons. The lowest BCUT2D eigenvalue weighted by Gasteiger charge is -2.10. The number of halogens is 1. The fraction of sp³-hybridized carbons (Fsp3) is 0.214. The molecular weight excluding hydrogens is 308 g/mol. The number of amides is 2. The minimum Gasteiger partial charge on any atom is -0.483 e. The second-order valence-electron chi connectivity index (χ2n) is 4.64. The van der Waals surface area contributed by atoms with Crippen LogP contribution in [0, 0.1) is 13.8 Å². The van der Waals surface area contributed by atoms with Crippen LogP contribution in [0.5, 0.6) is 5.75 Å². The Balaban J connectivity index is 1.79. The van der Waals surface area contributed by atoms with Gasteiger partial charge in [-0.3, -0.25) is 25.5 Å². The van der Waals surface area contributed by atoms with Gasteiger partial charge in [0.25, 0.3) is 11.8 Å². The molecule has 0 saturated heterocycles. The molecule has 0 aliphatic rings. The highest BCUT2D eigenvalue weighted by molar-refractivity contribution is 6.30. The number of hydrazine groups is 1. The zero-order valence-electron chi connectivity index (χ0n) is 12.1. The molecule has 0 aliphatic carbocycles. The van der Waals surface area contributed by atoms with Crippen LogP contribution in [0.2, 0.25) is 5.02 Å². The van der Waals surface area contributed by atoms with Gasteiger partial charge in [0.2, 0.25) is 0 Å². The van der Waals surface area contributed by atoms with Gasteiger partial charge in [-0.25, -0.2) is 0 Å². The number of aromatic amines is 1. The number of hydrogen-bond acceptors (Lipinski definition) is 4. The third kappa shape index (κ3) is 4.23. The van der Waals surface area contributed by atoms with Gasteiger partial charge >= 0.3 is 0 Å². The number of nitrogens with zero attached hydrogens (tertiary/aromatic N) is 1. The predicted molar refractivity (Wildman–Crippen MR) is 80.6 cm³/mol. The van der Waals surface area contributed by atoms with Crippen LogP contribution in [0.4, 0.5) is 0 Å². The van der Waals surface area contributed by atoms with Crippen LogP contribution in [-0.4, -0.2) is 28.6 Å². The molecule has 7 nitrogen and oxygen atoms in total. The Hall–Kier alpha value is -2.54. The van der Waals surface area contributed by atoms with E-state index in [1.807, 2.05) is 6.92 Å². The molecule has 0 spiro atoms. The Morgan fingerprint density at radius 3 is 2.68 bits per heavy atom. The van der Waals surface area contributed by atoms with Crippen molar-refractivity contribution < 1.29 is 14.3 Å². The molecule has 0 fully saturated rings. The van der Waals surface area contributed by atoms with Crippen LogP contribution in [0.25, 0.3) is 0 Å². The Kier molecular flexibility index (Phi) is 5.00. The van der Waals surface area contributed by atoms with Crippen LogP contribution >= 0.6 is 11.6 Å². The smallest absolute Gasteiger partial charge is 0.290 e. The van der Waals surface area contributed by atoms with E-state index in [2.05, 4.69) is 21.0 Å². The van der Waals surface area contributed by atoms with E-state index in [0.717, 1.165) is 11.3 Å². The van der Waals surface area contributed by atoms with Crippen molar-refractivity contribution in [2.24, 2.45) is 0 Å². The summed E-state index contributed by atoms with van der Waals surface area (Å²) >= 11 is 5.83. The Morgan fingerprint density at radius 1 is 1.27 bits per heavy atom. The second-order valence-corrected chi connectivity index (χ2v) is 5.07. The van der Waals surface area contributed by atoms with Gasteiger partial charge in [-0.2, -0.15) is 5.10 Å². The zero-order valence-corrected chi connectivity index (χ0v) is 12.8. The van der Waals surface area contributed by atoms with Crippen molar-refractivity contribution in [2.75, 3.05) is 6.61 Å². The van der Waals surface area contributed by atoms with Crippen LogP contribution in [0.3, 0.4) is 0 Å². The molecule has 22 heavy (non-hydrogen) atoms. The minimum atomic E-state index is -0.514. The summed E-state index contributed by atoms with van der Waals surface area (Å²) in [6, 6.07) is 6.64. The first-order valence-corrected chi connectivity index (χ1v) is 6.83. The number of aromatic nitrogens is 2. The van der Waals surface area contributed by atoms with E-state index in [1.165, 1.54) is 0 Å². The Bertz CT molecular complexity index is 699. The molecule has 2 aromatic rings. The summed E-state index contributed by atoms with van der Waals surface area (Å²) in [5.41, 5.74) is 6.25. The van der Waals surface area contributed by atoms with Gasteiger partial charge in [-0.1, -0.05) is 11.6 Å². The average Bonchev–Trinajstić information content (AvgIpc) is 2.90. The van der Waals surface area contributed by atoms with Gasteiger partial charge < -0.3 is 4.74 Å². The average molecular weight is 323 g/mol. The van der Waals surface area contributed by atoms with E-state index in [1.54, 1.807) is 31.2 Å². The molecule has 1 aromatic carbocycles. The first kappa shape index (κ1) is 15.8. The van der Waals surface area contributed by atoms with Crippen molar-refractivity contribution in [2.45, 2.75) is 13.8 Å². The van der Waals surface area contributed by atoms with Crippen LogP contribution in [0.15, 0.2) is 24.3 Å². The van der Waals surface area contributed by atoms with Crippen molar-refractivity contribution >= 4 is 23.4 Å². The normalized spacial score (nSPS) is 10.1. The molecule has 2 rings (SSSR count). The number of hydrogen-bond donors (Lipinski definition) is 3. The lowest BCUT2D eigenvalue weighted by molar-refractivity contribution is -0.123. The van der Waals surface area contributed by atoms with E-state index < -0.39 is 11.8 Å². The Labute approximate surface area is 132 Å². The molecule has 0 aliphatic heterocycles. The van der Waals surface area contributed by atoms with E-state index in [9.17, 15) is 9.59 Å². The maximum absolute atomic E-state index is 11.7. The molecule has 1 heterocycles. The summed E-state index contributed by atoms with van der Waals surface area (Å²) in [6.45, 7) is 3.35. The maximum Gasteiger partial charge on any atom is 0.290 e. The molecule has 3 N–H and O–H groups in total. The number of ether oxygens (including phenoxy) is 1. The van der Waals surface area contributed by atoms with Gasteiger partial charge in [0.05, 0.1) is 0 Å². The van der Waals surface area contributed by atoms with E-state index in [4.69, 9.17) is 16.3 Å². The van der Waals surface area contributed by atoms with Gasteiger partial charge in [0.15, 0.2) is 12.3 Å². The monoisotopic (exact) mass is 322 g/mol. The third-order valence-electron chi connectivity index (χ3n) is 2.75. The molecule has 0 atom stereocenters. The highest BCUT2D eigenvalue weighted by Crippen LogP contribution is 2.21. The van der Waals surface area contributed by atoms with Crippen molar-refractivity contribution in [3.63, 3.8) is 0 Å². The molecule has 0 saturated carbocycles. The summed E-state index contributed by atoms with van der Waals surface area (Å²) in [6.07, 6.45) is 0. The van der Waals surface area contributed by atoms with Crippen molar-refractivity contribution in [3.8, 4) is 5.75 Å². The molecule has 1 aromatic heterocycles. The lowest BCUT2D eigenvalue weighted by atomic mass is 10.2. The van der Waals surface area contributed by atoms with E-state index >= 15 is 0 Å². The highest BCUT2D eigenvalue weighted by Gasteiger charge is 2.11. The molecular formula is C14H15ClN4O3. The number of carbonyl (C=O) groups excluding carboxylic acids is 2. The summed E-state index contributed by atoms with van der Waals surface area (Å²) in [7, 11) is 0. The van der Waals surface area contributed by atoms with Gasteiger partial charge in [-0.15, -0.1) is 0 Å². The molecule has 0 unspecified atom stereocenters. The van der Waals surface area contributed by atoms with Crippen LogP contribution in [-0.2, 0) is 4.79 Å². The lowest BCUT2D eigenvalue weighted by Crippen LogP contribution is -2.44. The minimum absolute atomic E-state index is 0.187. The first-order valence-electron chi connectivity index (χ1n) is 6.46. The fourth-order valence-electron chi connectivity index (χ4n) is 1.68. The molecule has 8 heteroatoms. The Morgan fingerprint density at radius 2 is 2.05 bits per heavy atom. The fourth-order valence-corrected chi connectivity index (χ4v) is 1.91. The zero-order chi connectivity index (χ0) is 16.1. The van der Waals surface area contributed by atoms with Crippen molar-refractivity contribution in [1.82, 2.24) is 21.0 Å². The van der Waals surface area contributed by atoms with Crippen molar-refractivity contribution in [3.05, 3.63) is 46.2 Å². The van der Waals surface area contributed by atoms with Gasteiger partial charge in [0.1, 0.15) is 5.75 Å². The number of nitrogens with one attached hydrogen (secondary N) is 3. The molecule has 0 bridgehead atoms. The largest absolute Gasteiger partial charge is 0.483 e. The number of benzene rings is 1. The number of rotatable bonds is 4. The van der Waals surface area contributed by atoms with E-state index in [-0.39, 0.29) is 12.3 Å². The van der Waals surface area contributed by atoms with Gasteiger partial charge in [-0.05, 0) is 43.7 Å². The quantitative estimate of drug-likeness (QED) is 0.744. The van der Waals surface area contributed by atoms with Crippen LogP contribution in [0.1, 0.15) is 21.7 Å².